The molecule has 0 spiro atoms. The minimum atomic E-state index is -1.37. The molecule has 5 heteroatoms. The van der Waals surface area contributed by atoms with Crippen LogP contribution in [0.1, 0.15) is 146 Å². The number of nitrogens with zero attached hydrogens (tertiary/aromatic N) is 3. The number of benzene rings is 5. The first-order valence-corrected chi connectivity index (χ1v) is 27.2. The molecule has 0 saturated heterocycles. The molecule has 0 N–H and O–H groups in total. The van der Waals surface area contributed by atoms with Gasteiger partial charge in [-0.25, -0.2) is 0 Å². The number of hydrogen-bond donors (Lipinski definition) is 0. The van der Waals surface area contributed by atoms with Crippen molar-refractivity contribution in [3.05, 3.63) is 155 Å². The van der Waals surface area contributed by atoms with Crippen molar-refractivity contribution in [2.45, 2.75) is 144 Å². The minimum Gasteiger partial charge on any atom is -0.333 e. The quantitative estimate of drug-likeness (QED) is 0.112. The number of pyridine rings is 1. The average molecular weight is 1040 g/mol. The maximum absolute atomic E-state index is 5.30. The standard InChI is InChI=1S/C40H43N2.C19H26NSi.Ir/c1-25(2)30-15-12-16-31(26(3)4)38(30)42-37-18-11-10-17-36(37)41-39(42)29-20-22-35-33(24-29)32-23-28(27-13-8-7-9-14-27)19-21-34(32)40(35,5)6;1-19(2,3)13-16-12-17(15-10-8-7-9-11-15)20-14-18(16)21(4,5)6;/h10-12,15-19,21-27H,7-9,13-14H2,1-6H3;7-10,12,14H,13H2,1-6H3;/q2*-1;. The van der Waals surface area contributed by atoms with E-state index in [9.17, 15) is 0 Å². The molecule has 0 atom stereocenters. The largest absolute Gasteiger partial charge is 0.333 e. The van der Waals surface area contributed by atoms with Gasteiger partial charge in [0.15, 0.2) is 0 Å². The molecule has 0 bridgehead atoms. The second kappa shape index (κ2) is 18.8. The Hall–Kier alpha value is -4.41. The molecule has 0 aliphatic heterocycles. The molecule has 0 unspecified atom stereocenters. The molecular formula is C59H69IrN3Si-2. The van der Waals surface area contributed by atoms with Crippen molar-refractivity contribution in [2.24, 2.45) is 5.41 Å². The van der Waals surface area contributed by atoms with Crippen LogP contribution in [0.5, 0.6) is 0 Å². The molecule has 3 nitrogen and oxygen atoms in total. The van der Waals surface area contributed by atoms with Gasteiger partial charge in [-0.3, -0.25) is 4.98 Å². The summed E-state index contributed by atoms with van der Waals surface area (Å²) in [4.78, 5) is 10.0. The van der Waals surface area contributed by atoms with Crippen LogP contribution in [0.25, 0.3) is 50.5 Å². The summed E-state index contributed by atoms with van der Waals surface area (Å²) in [7, 11) is -1.37. The molecule has 1 fully saturated rings. The molecule has 1 radical (unpaired) electrons. The second-order valence-electron chi connectivity index (χ2n) is 21.8. The predicted octanol–water partition coefficient (Wildman–Crippen LogP) is 15.8. The first-order chi connectivity index (χ1) is 29.9. The van der Waals surface area contributed by atoms with Crippen LogP contribution in [-0.2, 0) is 31.9 Å². The van der Waals surface area contributed by atoms with Gasteiger partial charge in [-0.05, 0) is 98.7 Å². The zero-order chi connectivity index (χ0) is 44.8. The topological polar surface area (TPSA) is 30.7 Å². The van der Waals surface area contributed by atoms with E-state index in [0.29, 0.717) is 17.8 Å². The Kier molecular flexibility index (Phi) is 14.0. The summed E-state index contributed by atoms with van der Waals surface area (Å²) in [6.07, 6.45) is 9.94. The molecule has 2 aliphatic carbocycles. The molecule has 7 aromatic rings. The van der Waals surface area contributed by atoms with Crippen molar-refractivity contribution in [3.8, 4) is 39.5 Å². The Morgan fingerprint density at radius 3 is 2.06 bits per heavy atom. The summed E-state index contributed by atoms with van der Waals surface area (Å²) in [5.74, 6) is 2.45. The third-order valence-corrected chi connectivity index (χ3v) is 15.6. The van der Waals surface area contributed by atoms with Gasteiger partial charge in [-0.1, -0.05) is 167 Å². The van der Waals surface area contributed by atoms with E-state index < -0.39 is 8.07 Å². The smallest absolute Gasteiger partial charge is 0.0798 e. The van der Waals surface area contributed by atoms with E-state index >= 15 is 0 Å². The number of para-hydroxylation sites is 3. The van der Waals surface area contributed by atoms with E-state index in [2.05, 4.69) is 190 Å². The van der Waals surface area contributed by atoms with Crippen LogP contribution in [-0.4, -0.2) is 22.6 Å². The van der Waals surface area contributed by atoms with Gasteiger partial charge in [0, 0.05) is 32.0 Å². The molecule has 64 heavy (non-hydrogen) atoms. The van der Waals surface area contributed by atoms with Crippen molar-refractivity contribution in [1.29, 1.82) is 0 Å². The summed E-state index contributed by atoms with van der Waals surface area (Å²) in [5, 5.41) is 1.48. The zero-order valence-corrected chi connectivity index (χ0v) is 43.9. The summed E-state index contributed by atoms with van der Waals surface area (Å²) in [6.45, 7) is 28.0. The van der Waals surface area contributed by atoms with E-state index in [-0.39, 0.29) is 30.9 Å². The van der Waals surface area contributed by atoms with Crippen molar-refractivity contribution < 1.29 is 20.1 Å². The second-order valence-corrected chi connectivity index (χ2v) is 26.8. The molecule has 335 valence electrons. The van der Waals surface area contributed by atoms with E-state index in [1.54, 1.807) is 0 Å². The van der Waals surface area contributed by atoms with E-state index in [4.69, 9.17) is 9.97 Å². The molecule has 0 amide bonds. The number of imidazole rings is 1. The number of hydrogen-bond acceptors (Lipinski definition) is 2. The molecule has 2 aliphatic rings. The van der Waals surface area contributed by atoms with Crippen LogP contribution < -0.4 is 5.19 Å². The summed E-state index contributed by atoms with van der Waals surface area (Å²) in [6, 6.07) is 44.8. The summed E-state index contributed by atoms with van der Waals surface area (Å²) >= 11 is 0. The number of rotatable bonds is 8. The Bertz CT molecular complexity index is 2710. The van der Waals surface area contributed by atoms with Gasteiger partial charge in [0.25, 0.3) is 0 Å². The molecule has 5 aromatic carbocycles. The van der Waals surface area contributed by atoms with Crippen molar-refractivity contribution >= 4 is 24.3 Å². The molecule has 2 aromatic heterocycles. The van der Waals surface area contributed by atoms with Crippen molar-refractivity contribution in [1.82, 2.24) is 14.5 Å². The van der Waals surface area contributed by atoms with Gasteiger partial charge in [0.1, 0.15) is 0 Å². The fraction of sp³-hybridized carbons (Fsp3) is 0.390. The fourth-order valence-electron chi connectivity index (χ4n) is 10.3. The van der Waals surface area contributed by atoms with Crippen LogP contribution in [0.4, 0.5) is 0 Å². The number of aromatic nitrogens is 3. The SMILES string of the molecule is CC(C)(C)Cc1cc(-c2[c-]cccc2)ncc1[Si](C)(C)C.CC(C)c1cccc(C(C)C)c1-n1c(-c2[c-]cc3c(c2)-c2cc(C4CCCCC4)ccc2C3(C)C)nc2ccccc21.[Ir]. The fourth-order valence-corrected chi connectivity index (χ4v) is 11.9. The number of fused-ring (bicyclic) bond motifs is 4. The van der Waals surface area contributed by atoms with Crippen LogP contribution in [0.15, 0.2) is 109 Å². The van der Waals surface area contributed by atoms with Crippen LogP contribution >= 0.6 is 0 Å². The van der Waals surface area contributed by atoms with Crippen molar-refractivity contribution in [3.63, 3.8) is 0 Å². The third-order valence-electron chi connectivity index (χ3n) is 13.6. The Balaban J connectivity index is 0.000000236. The molecule has 1 saturated carbocycles. The molecule has 9 rings (SSSR count). The normalized spacial score (nSPS) is 14.8. The molecular weight excluding hydrogens is 971 g/mol. The van der Waals surface area contributed by atoms with Gasteiger partial charge in [0.05, 0.1) is 24.9 Å². The van der Waals surface area contributed by atoms with E-state index in [0.717, 1.165) is 40.1 Å². The Labute approximate surface area is 400 Å². The van der Waals surface area contributed by atoms with Gasteiger partial charge < -0.3 is 9.55 Å². The van der Waals surface area contributed by atoms with Gasteiger partial charge in [-0.15, -0.1) is 65.2 Å². The predicted molar refractivity (Wildman–Crippen MR) is 272 cm³/mol. The van der Waals surface area contributed by atoms with Crippen LogP contribution in [0.2, 0.25) is 19.6 Å². The average Bonchev–Trinajstić information content (AvgIpc) is 3.75. The zero-order valence-electron chi connectivity index (χ0n) is 40.5. The van der Waals surface area contributed by atoms with E-state index in [1.807, 2.05) is 18.2 Å². The Morgan fingerprint density at radius 2 is 1.42 bits per heavy atom. The molecule has 2 heterocycles. The maximum Gasteiger partial charge on any atom is 0.0798 e. The van der Waals surface area contributed by atoms with Gasteiger partial charge in [0.2, 0.25) is 0 Å². The van der Waals surface area contributed by atoms with Crippen LogP contribution in [0.3, 0.4) is 0 Å². The maximum atomic E-state index is 5.30. The summed E-state index contributed by atoms with van der Waals surface area (Å²) < 4.78 is 2.43. The van der Waals surface area contributed by atoms with E-state index in [1.165, 1.54) is 87.5 Å². The first kappa shape index (κ1) is 47.5. The minimum absolute atomic E-state index is 0. The third kappa shape index (κ3) is 9.60. The van der Waals surface area contributed by atoms with Gasteiger partial charge in [-0.2, -0.15) is 0 Å². The van der Waals surface area contributed by atoms with Crippen LogP contribution in [0, 0.1) is 17.5 Å². The monoisotopic (exact) mass is 1040 g/mol. The van der Waals surface area contributed by atoms with Crippen molar-refractivity contribution in [2.75, 3.05) is 0 Å². The Morgan fingerprint density at radius 1 is 0.750 bits per heavy atom. The first-order valence-electron chi connectivity index (χ1n) is 23.7. The van der Waals surface area contributed by atoms with Gasteiger partial charge >= 0.3 is 0 Å². The summed E-state index contributed by atoms with van der Waals surface area (Å²) in [5.41, 5.74) is 18.1.